The maximum Gasteiger partial charge on any atom is 0.325 e. The van der Waals surface area contributed by atoms with E-state index in [9.17, 15) is 14.3 Å². The summed E-state index contributed by atoms with van der Waals surface area (Å²) in [5.41, 5.74) is 4.04. The number of ether oxygens (including phenoxy) is 1. The molecule has 2 fully saturated rings. The molecule has 5 rings (SSSR count). The molecule has 2 aromatic rings. The van der Waals surface area contributed by atoms with Gasteiger partial charge >= 0.3 is 5.97 Å². The third-order valence-electron chi connectivity index (χ3n) is 7.27. The van der Waals surface area contributed by atoms with Crippen molar-refractivity contribution >= 4 is 11.8 Å². The number of aryl methyl sites for hydroxylation is 2. The van der Waals surface area contributed by atoms with Gasteiger partial charge in [-0.2, -0.15) is 0 Å². The standard InChI is InChI=1S/C27H34FN3O3/c28-20-9-11-23(24(16-20)18-6-7-18)25(27(32)33)31-14-12-22(17-31)34-15-2-1-5-21-10-8-19-4-3-13-29-26(19)30-21/h8-11,16,18,22,25H,1-7,12-15,17H2,(H,29,30)(H,32,33). The number of likely N-dealkylation sites (tertiary alicyclic amines) is 1. The van der Waals surface area contributed by atoms with E-state index in [1.165, 1.54) is 24.1 Å². The number of carbonyl (C=O) groups is 1. The molecule has 2 atom stereocenters. The summed E-state index contributed by atoms with van der Waals surface area (Å²) >= 11 is 0. The van der Waals surface area contributed by atoms with Crippen LogP contribution in [0, 0.1) is 5.82 Å². The normalized spacial score (nSPS) is 21.1. The van der Waals surface area contributed by atoms with Crippen molar-refractivity contribution in [2.75, 3.05) is 31.6 Å². The molecule has 0 bridgehead atoms. The van der Waals surface area contributed by atoms with Crippen molar-refractivity contribution in [3.05, 3.63) is 58.5 Å². The van der Waals surface area contributed by atoms with Crippen LogP contribution in [0.15, 0.2) is 30.3 Å². The number of nitrogens with zero attached hydrogens (tertiary/aromatic N) is 2. The summed E-state index contributed by atoms with van der Waals surface area (Å²) in [7, 11) is 0. The van der Waals surface area contributed by atoms with Crippen LogP contribution >= 0.6 is 0 Å². The highest BCUT2D eigenvalue weighted by Crippen LogP contribution is 2.44. The number of hydrogen-bond donors (Lipinski definition) is 2. The van der Waals surface area contributed by atoms with Crippen molar-refractivity contribution in [2.24, 2.45) is 0 Å². The van der Waals surface area contributed by atoms with Gasteiger partial charge in [-0.1, -0.05) is 12.1 Å². The van der Waals surface area contributed by atoms with Crippen LogP contribution in [0.25, 0.3) is 0 Å². The summed E-state index contributed by atoms with van der Waals surface area (Å²) in [5.74, 6) is 0.174. The number of aromatic nitrogens is 1. The third kappa shape index (κ3) is 5.41. The van der Waals surface area contributed by atoms with E-state index in [2.05, 4.69) is 17.4 Å². The van der Waals surface area contributed by atoms with Crippen molar-refractivity contribution in [2.45, 2.75) is 69.4 Å². The largest absolute Gasteiger partial charge is 0.480 e. The van der Waals surface area contributed by atoms with Gasteiger partial charge < -0.3 is 15.2 Å². The maximum absolute atomic E-state index is 13.8. The van der Waals surface area contributed by atoms with Gasteiger partial charge in [0.2, 0.25) is 0 Å². The summed E-state index contributed by atoms with van der Waals surface area (Å²) < 4.78 is 19.9. The minimum Gasteiger partial charge on any atom is -0.480 e. The first-order valence-electron chi connectivity index (χ1n) is 12.7. The number of benzene rings is 1. The van der Waals surface area contributed by atoms with E-state index in [0.29, 0.717) is 25.6 Å². The van der Waals surface area contributed by atoms with Gasteiger partial charge in [-0.3, -0.25) is 9.69 Å². The van der Waals surface area contributed by atoms with E-state index < -0.39 is 12.0 Å². The van der Waals surface area contributed by atoms with Crippen LogP contribution in [0.3, 0.4) is 0 Å². The van der Waals surface area contributed by atoms with E-state index in [-0.39, 0.29) is 11.9 Å². The second kappa shape index (κ2) is 10.4. The number of pyridine rings is 1. The van der Waals surface area contributed by atoms with Crippen LogP contribution < -0.4 is 5.32 Å². The molecule has 1 saturated carbocycles. The quantitative estimate of drug-likeness (QED) is 0.494. The average Bonchev–Trinajstić information content (AvgIpc) is 3.58. The zero-order valence-corrected chi connectivity index (χ0v) is 19.6. The lowest BCUT2D eigenvalue weighted by molar-refractivity contribution is -0.143. The van der Waals surface area contributed by atoms with Crippen LogP contribution in [-0.2, 0) is 22.4 Å². The van der Waals surface area contributed by atoms with Crippen LogP contribution in [-0.4, -0.2) is 53.3 Å². The highest BCUT2D eigenvalue weighted by atomic mass is 19.1. The Kier molecular flexibility index (Phi) is 7.11. The first-order valence-corrected chi connectivity index (χ1v) is 12.7. The Bertz CT molecular complexity index is 1030. The summed E-state index contributed by atoms with van der Waals surface area (Å²) in [5, 5.41) is 13.4. The molecule has 3 heterocycles. The van der Waals surface area contributed by atoms with Gasteiger partial charge in [0.15, 0.2) is 0 Å². The van der Waals surface area contributed by atoms with Crippen molar-refractivity contribution in [1.82, 2.24) is 9.88 Å². The molecule has 0 radical (unpaired) electrons. The van der Waals surface area contributed by atoms with Crippen molar-refractivity contribution in [3.63, 3.8) is 0 Å². The molecule has 6 nitrogen and oxygen atoms in total. The number of aliphatic carboxylic acids is 1. The van der Waals surface area contributed by atoms with E-state index in [1.807, 2.05) is 4.90 Å². The number of fused-ring (bicyclic) bond motifs is 1. The molecule has 0 spiro atoms. The predicted octanol–water partition coefficient (Wildman–Crippen LogP) is 4.70. The zero-order valence-electron chi connectivity index (χ0n) is 19.6. The summed E-state index contributed by atoms with van der Waals surface area (Å²) in [6.07, 6.45) is 8.05. The van der Waals surface area contributed by atoms with Gasteiger partial charge in [0.1, 0.15) is 17.7 Å². The maximum atomic E-state index is 13.8. The van der Waals surface area contributed by atoms with Crippen LogP contribution in [0.1, 0.15) is 72.9 Å². The lowest BCUT2D eigenvalue weighted by atomic mass is 9.96. The number of rotatable bonds is 10. The number of unbranched alkanes of at least 4 members (excludes halogenated alkanes) is 1. The minimum atomic E-state index is -0.874. The van der Waals surface area contributed by atoms with Gasteiger partial charge in [0.25, 0.3) is 0 Å². The molecule has 1 saturated heterocycles. The van der Waals surface area contributed by atoms with Crippen LogP contribution in [0.5, 0.6) is 0 Å². The number of anilines is 1. The Balaban J connectivity index is 1.10. The summed E-state index contributed by atoms with van der Waals surface area (Å²) in [6.45, 7) is 2.94. The van der Waals surface area contributed by atoms with E-state index >= 15 is 0 Å². The molecular formula is C27H34FN3O3. The highest BCUT2D eigenvalue weighted by Gasteiger charge is 2.37. The van der Waals surface area contributed by atoms with E-state index in [4.69, 9.17) is 9.72 Å². The monoisotopic (exact) mass is 467 g/mol. The minimum absolute atomic E-state index is 0.0396. The van der Waals surface area contributed by atoms with Gasteiger partial charge in [0, 0.05) is 31.9 Å². The average molecular weight is 468 g/mol. The Labute approximate surface area is 200 Å². The van der Waals surface area contributed by atoms with Gasteiger partial charge in [0.05, 0.1) is 6.10 Å². The smallest absolute Gasteiger partial charge is 0.325 e. The Hall–Kier alpha value is -2.51. The molecule has 0 amide bonds. The fourth-order valence-corrected chi connectivity index (χ4v) is 5.32. The van der Waals surface area contributed by atoms with Gasteiger partial charge in [-0.15, -0.1) is 0 Å². The molecule has 1 aliphatic carbocycles. The summed E-state index contributed by atoms with van der Waals surface area (Å²) in [6, 6.07) is 8.17. The van der Waals surface area contributed by atoms with E-state index in [0.717, 1.165) is 74.1 Å². The number of carboxylic acids is 1. The molecule has 2 aliphatic heterocycles. The molecule has 7 heteroatoms. The lowest BCUT2D eigenvalue weighted by Crippen LogP contribution is -2.34. The zero-order chi connectivity index (χ0) is 23.5. The molecule has 2 N–H and O–H groups in total. The van der Waals surface area contributed by atoms with Crippen LogP contribution in [0.4, 0.5) is 10.2 Å². The molecular weight excluding hydrogens is 433 g/mol. The van der Waals surface area contributed by atoms with Crippen molar-refractivity contribution in [1.29, 1.82) is 0 Å². The first kappa shape index (κ1) is 23.2. The second-order valence-corrected chi connectivity index (χ2v) is 9.86. The highest BCUT2D eigenvalue weighted by molar-refractivity contribution is 5.76. The fourth-order valence-electron chi connectivity index (χ4n) is 5.32. The van der Waals surface area contributed by atoms with E-state index in [1.54, 1.807) is 6.07 Å². The molecule has 2 unspecified atom stereocenters. The Morgan fingerprint density at radius 3 is 2.94 bits per heavy atom. The van der Waals surface area contributed by atoms with Crippen LogP contribution in [0.2, 0.25) is 0 Å². The summed E-state index contributed by atoms with van der Waals surface area (Å²) in [4.78, 5) is 18.9. The number of halogens is 1. The van der Waals surface area contributed by atoms with Crippen molar-refractivity contribution in [3.8, 4) is 0 Å². The first-order chi connectivity index (χ1) is 16.6. The number of carboxylic acid groups (broad SMARTS) is 1. The molecule has 1 aromatic heterocycles. The Morgan fingerprint density at radius 1 is 1.24 bits per heavy atom. The number of hydrogen-bond acceptors (Lipinski definition) is 5. The van der Waals surface area contributed by atoms with Gasteiger partial charge in [-0.05, 0) is 92.2 Å². The molecule has 3 aliphatic rings. The Morgan fingerprint density at radius 2 is 2.12 bits per heavy atom. The fraction of sp³-hybridized carbons (Fsp3) is 0.556. The SMILES string of the molecule is O=C(O)C(c1ccc(F)cc1C1CC1)N1CCC(OCCCCc2ccc3c(n2)NCCC3)C1. The molecule has 1 aromatic carbocycles. The van der Waals surface area contributed by atoms with Crippen molar-refractivity contribution < 1.29 is 19.0 Å². The molecule has 182 valence electrons. The van der Waals surface area contributed by atoms with Gasteiger partial charge in [-0.25, -0.2) is 9.37 Å². The second-order valence-electron chi connectivity index (χ2n) is 9.86. The molecule has 34 heavy (non-hydrogen) atoms. The third-order valence-corrected chi connectivity index (χ3v) is 7.27. The lowest BCUT2D eigenvalue weighted by Gasteiger charge is -2.26. The topological polar surface area (TPSA) is 74.7 Å². The number of nitrogens with one attached hydrogen (secondary N) is 1. The predicted molar refractivity (Wildman–Crippen MR) is 129 cm³/mol.